The van der Waals surface area contributed by atoms with E-state index in [1.807, 2.05) is 0 Å². The highest BCUT2D eigenvalue weighted by Crippen LogP contribution is 2.22. The van der Waals surface area contributed by atoms with Crippen LogP contribution in [0.1, 0.15) is 15.9 Å². The summed E-state index contributed by atoms with van der Waals surface area (Å²) in [6.45, 7) is 0. The number of nitrogens with two attached hydrogens (primary N) is 2. The van der Waals surface area contributed by atoms with Gasteiger partial charge in [0.1, 0.15) is 5.75 Å². The second-order valence-electron chi connectivity index (χ2n) is 4.13. The first kappa shape index (κ1) is 12.9. The fraction of sp³-hybridized carbons (Fsp3) is 0.143. The second-order valence-corrected chi connectivity index (χ2v) is 4.13. The van der Waals surface area contributed by atoms with Gasteiger partial charge in [0, 0.05) is 47.4 Å². The van der Waals surface area contributed by atoms with Gasteiger partial charge in [-0.15, -0.1) is 0 Å². The van der Waals surface area contributed by atoms with Crippen molar-refractivity contribution in [3.8, 4) is 5.75 Å². The van der Waals surface area contributed by atoms with Crippen molar-refractivity contribution in [1.29, 1.82) is 0 Å². The van der Waals surface area contributed by atoms with Gasteiger partial charge in [0.05, 0.1) is 7.11 Å². The Bertz CT molecular complexity index is 611. The molecule has 0 aliphatic carbocycles. The lowest BCUT2D eigenvalue weighted by molar-refractivity contribution is 0.0994. The summed E-state index contributed by atoms with van der Waals surface area (Å²) in [7, 11) is 1.55. The van der Waals surface area contributed by atoms with Crippen LogP contribution in [-0.2, 0) is 6.42 Å². The molecule has 0 fully saturated rings. The number of Topliss-reactive ketones (excluding diaryl/α,β-unsaturated/α-hetero) is 1. The van der Waals surface area contributed by atoms with Crippen LogP contribution in [-0.4, -0.2) is 17.9 Å². The van der Waals surface area contributed by atoms with Crippen LogP contribution in [0.4, 0.5) is 11.4 Å². The summed E-state index contributed by atoms with van der Waals surface area (Å²) in [5.41, 5.74) is 13.7. The van der Waals surface area contributed by atoms with E-state index in [-0.39, 0.29) is 12.2 Å². The maximum atomic E-state index is 12.2. The van der Waals surface area contributed by atoms with E-state index in [1.165, 1.54) is 0 Å². The maximum absolute atomic E-state index is 12.2. The summed E-state index contributed by atoms with van der Waals surface area (Å²) in [5.74, 6) is 0.523. The van der Waals surface area contributed by atoms with Crippen LogP contribution in [0.25, 0.3) is 0 Å². The van der Waals surface area contributed by atoms with E-state index < -0.39 is 0 Å². The quantitative estimate of drug-likeness (QED) is 0.642. The van der Waals surface area contributed by atoms with Crippen molar-refractivity contribution in [2.24, 2.45) is 0 Å². The molecule has 5 nitrogen and oxygen atoms in total. The molecule has 2 rings (SSSR count). The van der Waals surface area contributed by atoms with Crippen LogP contribution in [0.5, 0.6) is 5.75 Å². The van der Waals surface area contributed by atoms with Crippen LogP contribution in [0, 0.1) is 0 Å². The second kappa shape index (κ2) is 5.39. The van der Waals surface area contributed by atoms with E-state index in [9.17, 15) is 4.79 Å². The average molecular weight is 257 g/mol. The lowest BCUT2D eigenvalue weighted by Crippen LogP contribution is -2.09. The van der Waals surface area contributed by atoms with Crippen molar-refractivity contribution >= 4 is 17.2 Å². The van der Waals surface area contributed by atoms with Crippen molar-refractivity contribution in [3.05, 3.63) is 47.8 Å². The highest BCUT2D eigenvalue weighted by molar-refractivity contribution is 6.02. The zero-order valence-electron chi connectivity index (χ0n) is 10.6. The number of hydrogen-bond acceptors (Lipinski definition) is 5. The molecule has 1 aromatic heterocycles. The number of nitrogens with zero attached hydrogens (tertiary/aromatic N) is 1. The fourth-order valence-corrected chi connectivity index (χ4v) is 1.78. The maximum Gasteiger partial charge on any atom is 0.169 e. The molecular formula is C14H15N3O2. The molecule has 0 bridgehead atoms. The number of rotatable bonds is 4. The molecule has 0 unspecified atom stereocenters. The van der Waals surface area contributed by atoms with Crippen LogP contribution >= 0.6 is 0 Å². The van der Waals surface area contributed by atoms with Crippen molar-refractivity contribution in [3.63, 3.8) is 0 Å². The minimum Gasteiger partial charge on any atom is -0.497 e. The molecule has 19 heavy (non-hydrogen) atoms. The Balaban J connectivity index is 2.23. The average Bonchev–Trinajstić information content (AvgIpc) is 2.41. The highest BCUT2D eigenvalue weighted by Gasteiger charge is 2.13. The number of anilines is 2. The first-order chi connectivity index (χ1) is 9.11. The summed E-state index contributed by atoms with van der Waals surface area (Å²) in [6.07, 6.45) is 3.36. The van der Waals surface area contributed by atoms with Gasteiger partial charge in [-0.1, -0.05) is 0 Å². The van der Waals surface area contributed by atoms with Gasteiger partial charge in [-0.25, -0.2) is 0 Å². The predicted octanol–water partition coefficient (Wildman–Crippen LogP) is 1.68. The fourth-order valence-electron chi connectivity index (χ4n) is 1.78. The zero-order valence-corrected chi connectivity index (χ0v) is 10.6. The van der Waals surface area contributed by atoms with Crippen LogP contribution in [0.15, 0.2) is 36.7 Å². The molecule has 0 saturated heterocycles. The topological polar surface area (TPSA) is 91.2 Å². The minimum absolute atomic E-state index is 0.0974. The monoisotopic (exact) mass is 257 g/mol. The third-order valence-corrected chi connectivity index (χ3v) is 2.85. The Kier molecular flexibility index (Phi) is 3.66. The number of benzene rings is 1. The standard InChI is InChI=1S/C14H15N3O2/c1-19-10-2-3-11(13(16)7-10)14(18)6-9-8-17-5-4-12(9)15/h2-5,7-8H,6,16H2,1H3,(H2,15,17). The van der Waals surface area contributed by atoms with Crippen LogP contribution in [0.2, 0.25) is 0 Å². The van der Waals surface area contributed by atoms with Gasteiger partial charge in [-0.3, -0.25) is 9.78 Å². The van der Waals surface area contributed by atoms with Gasteiger partial charge in [-0.2, -0.15) is 0 Å². The van der Waals surface area contributed by atoms with Crippen molar-refractivity contribution in [2.75, 3.05) is 18.6 Å². The first-order valence-electron chi connectivity index (χ1n) is 5.77. The number of aromatic nitrogens is 1. The van der Waals surface area contributed by atoms with E-state index in [2.05, 4.69) is 4.98 Å². The molecule has 0 saturated carbocycles. The number of carbonyl (C=O) groups is 1. The molecule has 0 aliphatic heterocycles. The number of ketones is 1. The normalized spacial score (nSPS) is 10.2. The molecule has 0 radical (unpaired) electrons. The molecule has 1 heterocycles. The Morgan fingerprint density at radius 2 is 2.05 bits per heavy atom. The molecule has 2 aromatic rings. The smallest absolute Gasteiger partial charge is 0.169 e. The summed E-state index contributed by atoms with van der Waals surface area (Å²) < 4.78 is 5.05. The van der Waals surface area contributed by atoms with Gasteiger partial charge in [0.2, 0.25) is 0 Å². The van der Waals surface area contributed by atoms with Gasteiger partial charge in [-0.05, 0) is 18.2 Å². The lowest BCUT2D eigenvalue weighted by atomic mass is 10.0. The Morgan fingerprint density at radius 1 is 1.26 bits per heavy atom. The number of nitrogen functional groups attached to an aromatic ring is 2. The Morgan fingerprint density at radius 3 is 2.68 bits per heavy atom. The molecule has 0 spiro atoms. The van der Waals surface area contributed by atoms with Crippen LogP contribution in [0.3, 0.4) is 0 Å². The summed E-state index contributed by atoms with van der Waals surface area (Å²) in [5, 5.41) is 0. The SMILES string of the molecule is COc1ccc(C(=O)Cc2cnccc2N)c(N)c1. The van der Waals surface area contributed by atoms with Gasteiger partial charge < -0.3 is 16.2 Å². The van der Waals surface area contributed by atoms with E-state index in [4.69, 9.17) is 16.2 Å². The van der Waals surface area contributed by atoms with Crippen molar-refractivity contribution < 1.29 is 9.53 Å². The molecule has 4 N–H and O–H groups in total. The molecule has 98 valence electrons. The van der Waals surface area contributed by atoms with Crippen molar-refractivity contribution in [2.45, 2.75) is 6.42 Å². The van der Waals surface area contributed by atoms with Gasteiger partial charge in [0.25, 0.3) is 0 Å². The molecule has 0 atom stereocenters. The van der Waals surface area contributed by atoms with Gasteiger partial charge in [0.15, 0.2) is 5.78 Å². The molecule has 0 amide bonds. The van der Waals surface area contributed by atoms with Gasteiger partial charge >= 0.3 is 0 Å². The number of carbonyl (C=O) groups excluding carboxylic acids is 1. The third kappa shape index (κ3) is 2.82. The summed E-state index contributed by atoms with van der Waals surface area (Å²) in [6, 6.07) is 6.65. The number of methoxy groups -OCH3 is 1. The molecule has 1 aromatic carbocycles. The predicted molar refractivity (Wildman–Crippen MR) is 74.1 cm³/mol. The van der Waals surface area contributed by atoms with E-state index in [0.717, 1.165) is 0 Å². The Labute approximate surface area is 111 Å². The number of pyridine rings is 1. The number of ether oxygens (including phenoxy) is 1. The highest BCUT2D eigenvalue weighted by atomic mass is 16.5. The summed E-state index contributed by atoms with van der Waals surface area (Å²) in [4.78, 5) is 16.1. The molecular weight excluding hydrogens is 242 g/mol. The molecule has 0 aliphatic rings. The van der Waals surface area contributed by atoms with Crippen LogP contribution < -0.4 is 16.2 Å². The van der Waals surface area contributed by atoms with E-state index in [1.54, 1.807) is 43.8 Å². The minimum atomic E-state index is -0.0974. The number of hydrogen-bond donors (Lipinski definition) is 2. The largest absolute Gasteiger partial charge is 0.497 e. The third-order valence-electron chi connectivity index (χ3n) is 2.85. The van der Waals surface area contributed by atoms with E-state index in [0.29, 0.717) is 28.3 Å². The zero-order chi connectivity index (χ0) is 13.8. The summed E-state index contributed by atoms with van der Waals surface area (Å²) >= 11 is 0. The molecule has 5 heteroatoms. The Hall–Kier alpha value is -2.56. The first-order valence-corrected chi connectivity index (χ1v) is 5.77. The lowest BCUT2D eigenvalue weighted by Gasteiger charge is -2.08. The van der Waals surface area contributed by atoms with Crippen molar-refractivity contribution in [1.82, 2.24) is 4.98 Å². The van der Waals surface area contributed by atoms with E-state index >= 15 is 0 Å².